The lowest BCUT2D eigenvalue weighted by molar-refractivity contribution is 0.320. The Morgan fingerprint density at radius 3 is 2.80 bits per heavy atom. The fourth-order valence-electron chi connectivity index (χ4n) is 2.27. The highest BCUT2D eigenvalue weighted by Crippen LogP contribution is 2.13. The highest BCUT2D eigenvalue weighted by Gasteiger charge is 2.20. The molecule has 1 heterocycles. The summed E-state index contributed by atoms with van der Waals surface area (Å²) in [6, 6.07) is 1.15. The molecule has 1 rings (SSSR count). The van der Waals surface area contributed by atoms with E-state index in [1.54, 1.807) is 0 Å². The van der Waals surface area contributed by atoms with Gasteiger partial charge < -0.3 is 5.32 Å². The van der Waals surface area contributed by atoms with E-state index in [9.17, 15) is 0 Å². The summed E-state index contributed by atoms with van der Waals surface area (Å²) in [5, 5.41) is 7.04. The third-order valence-electron chi connectivity index (χ3n) is 3.02. The Hall–Kier alpha value is -0.520. The Morgan fingerprint density at radius 2 is 2.27 bits per heavy atom. The van der Waals surface area contributed by atoms with Crippen LogP contribution < -0.4 is 10.6 Å². The molecule has 0 saturated carbocycles. The van der Waals surface area contributed by atoms with Crippen molar-refractivity contribution in [2.75, 3.05) is 6.54 Å². The van der Waals surface area contributed by atoms with Gasteiger partial charge in [0, 0.05) is 12.1 Å². The van der Waals surface area contributed by atoms with Gasteiger partial charge >= 0.3 is 0 Å². The molecule has 2 unspecified atom stereocenters. The van der Waals surface area contributed by atoms with E-state index in [1.807, 2.05) is 0 Å². The molecule has 1 saturated heterocycles. The van der Waals surface area contributed by atoms with Crippen molar-refractivity contribution in [1.29, 1.82) is 0 Å². The number of rotatable bonds is 4. The first kappa shape index (κ1) is 12.5. The molecule has 0 aromatic rings. The zero-order valence-electron chi connectivity index (χ0n) is 10.3. The molecule has 0 aromatic heterocycles. The number of hydrogen-bond acceptors (Lipinski definition) is 2. The molecule has 0 amide bonds. The lowest BCUT2D eigenvalue weighted by Gasteiger charge is -2.30. The summed E-state index contributed by atoms with van der Waals surface area (Å²) in [5.74, 6) is 2.78. The van der Waals surface area contributed by atoms with Crippen molar-refractivity contribution in [2.45, 2.75) is 64.1 Å². The predicted molar refractivity (Wildman–Crippen MR) is 65.8 cm³/mol. The Kier molecular flexibility index (Phi) is 4.63. The number of terminal acetylenes is 1. The van der Waals surface area contributed by atoms with Gasteiger partial charge in [-0.25, -0.2) is 0 Å². The second kappa shape index (κ2) is 5.53. The molecule has 1 aliphatic rings. The Labute approximate surface area is 94.2 Å². The average molecular weight is 208 g/mol. The first-order valence-corrected chi connectivity index (χ1v) is 6.02. The van der Waals surface area contributed by atoms with Crippen LogP contribution in [0.3, 0.4) is 0 Å². The van der Waals surface area contributed by atoms with E-state index in [-0.39, 0.29) is 5.54 Å². The van der Waals surface area contributed by atoms with Gasteiger partial charge in [0.2, 0.25) is 0 Å². The minimum absolute atomic E-state index is 0.186. The normalized spacial score (nSPS) is 24.5. The fraction of sp³-hybridized carbons (Fsp3) is 0.846. The summed E-state index contributed by atoms with van der Waals surface area (Å²) < 4.78 is 0. The average Bonchev–Trinajstić information content (AvgIpc) is 2.18. The molecule has 15 heavy (non-hydrogen) atoms. The zero-order valence-corrected chi connectivity index (χ0v) is 10.3. The molecule has 0 aromatic carbocycles. The third-order valence-corrected chi connectivity index (χ3v) is 3.02. The van der Waals surface area contributed by atoms with Crippen LogP contribution in [0.1, 0.15) is 46.5 Å². The molecule has 0 bridgehead atoms. The molecule has 0 aliphatic carbocycles. The fourth-order valence-corrected chi connectivity index (χ4v) is 2.27. The van der Waals surface area contributed by atoms with Crippen molar-refractivity contribution in [1.82, 2.24) is 10.6 Å². The number of piperidine rings is 1. The smallest absolute Gasteiger partial charge is 0.0743 e. The highest BCUT2D eigenvalue weighted by atomic mass is 15.0. The van der Waals surface area contributed by atoms with Crippen LogP contribution in [0.4, 0.5) is 0 Å². The van der Waals surface area contributed by atoms with Crippen LogP contribution in [-0.2, 0) is 0 Å². The second-order valence-corrected chi connectivity index (χ2v) is 5.20. The second-order valence-electron chi connectivity index (χ2n) is 5.20. The Morgan fingerprint density at radius 1 is 1.53 bits per heavy atom. The molecule has 2 N–H and O–H groups in total. The van der Waals surface area contributed by atoms with Gasteiger partial charge in [0.05, 0.1) is 5.54 Å². The molecule has 2 atom stereocenters. The van der Waals surface area contributed by atoms with Crippen LogP contribution in [0.5, 0.6) is 0 Å². The van der Waals surface area contributed by atoms with Gasteiger partial charge in [-0.1, -0.05) is 12.3 Å². The number of hydrogen-bond donors (Lipinski definition) is 2. The van der Waals surface area contributed by atoms with Crippen molar-refractivity contribution >= 4 is 0 Å². The molecular weight excluding hydrogens is 184 g/mol. The van der Waals surface area contributed by atoms with E-state index in [1.165, 1.54) is 32.2 Å². The van der Waals surface area contributed by atoms with Crippen LogP contribution in [-0.4, -0.2) is 24.2 Å². The van der Waals surface area contributed by atoms with Gasteiger partial charge in [0.1, 0.15) is 0 Å². The van der Waals surface area contributed by atoms with Gasteiger partial charge in [-0.3, -0.25) is 5.32 Å². The summed E-state index contributed by atoms with van der Waals surface area (Å²) in [4.78, 5) is 0. The topological polar surface area (TPSA) is 24.1 Å². The Bertz CT molecular complexity index is 221. The van der Waals surface area contributed by atoms with Crippen LogP contribution >= 0.6 is 0 Å². The number of nitrogens with one attached hydrogen (secondary N) is 2. The Balaban J connectivity index is 2.29. The maximum Gasteiger partial charge on any atom is 0.0743 e. The summed E-state index contributed by atoms with van der Waals surface area (Å²) in [5.41, 5.74) is -0.186. The third kappa shape index (κ3) is 4.68. The van der Waals surface area contributed by atoms with Crippen LogP contribution in [0, 0.1) is 12.3 Å². The quantitative estimate of drug-likeness (QED) is 0.690. The van der Waals surface area contributed by atoms with Gasteiger partial charge in [0.15, 0.2) is 0 Å². The zero-order chi connectivity index (χ0) is 11.3. The minimum Gasteiger partial charge on any atom is -0.314 e. The molecule has 0 spiro atoms. The van der Waals surface area contributed by atoms with Crippen LogP contribution in [0.2, 0.25) is 0 Å². The summed E-state index contributed by atoms with van der Waals surface area (Å²) in [7, 11) is 0. The highest BCUT2D eigenvalue weighted by molar-refractivity contribution is 5.08. The summed E-state index contributed by atoms with van der Waals surface area (Å²) in [6.07, 6.45) is 10.6. The predicted octanol–water partition coefficient (Wildman–Crippen LogP) is 1.91. The van der Waals surface area contributed by atoms with Crippen molar-refractivity contribution in [3.8, 4) is 12.3 Å². The van der Waals surface area contributed by atoms with Crippen molar-refractivity contribution in [3.63, 3.8) is 0 Å². The first-order valence-electron chi connectivity index (χ1n) is 6.02. The van der Waals surface area contributed by atoms with E-state index in [2.05, 4.69) is 37.3 Å². The summed E-state index contributed by atoms with van der Waals surface area (Å²) in [6.45, 7) is 7.50. The van der Waals surface area contributed by atoms with Crippen LogP contribution in [0.15, 0.2) is 0 Å². The largest absolute Gasteiger partial charge is 0.314 e. The lowest BCUT2D eigenvalue weighted by atomic mass is 9.97. The van der Waals surface area contributed by atoms with Crippen LogP contribution in [0.25, 0.3) is 0 Å². The molecule has 2 nitrogen and oxygen atoms in total. The van der Waals surface area contributed by atoms with Gasteiger partial charge in [-0.15, -0.1) is 6.42 Å². The standard InChI is InChI=1S/C13H24N2/c1-5-13(3,4)15-11(2)10-12-8-6-7-9-14-12/h1,11-12,14-15H,6-10H2,2-4H3. The molecule has 0 radical (unpaired) electrons. The van der Waals surface area contributed by atoms with E-state index >= 15 is 0 Å². The van der Waals surface area contributed by atoms with Gasteiger partial charge in [-0.2, -0.15) is 0 Å². The maximum atomic E-state index is 5.46. The molecule has 1 aliphatic heterocycles. The lowest BCUT2D eigenvalue weighted by Crippen LogP contribution is -2.47. The summed E-state index contributed by atoms with van der Waals surface area (Å²) >= 11 is 0. The first-order chi connectivity index (χ1) is 7.03. The van der Waals surface area contributed by atoms with Gasteiger partial charge in [0.25, 0.3) is 0 Å². The van der Waals surface area contributed by atoms with Crippen molar-refractivity contribution < 1.29 is 0 Å². The maximum absolute atomic E-state index is 5.46. The molecule has 86 valence electrons. The van der Waals surface area contributed by atoms with Gasteiger partial charge in [-0.05, 0) is 46.6 Å². The minimum atomic E-state index is -0.186. The van der Waals surface area contributed by atoms with E-state index < -0.39 is 0 Å². The van der Waals surface area contributed by atoms with E-state index in [0.29, 0.717) is 12.1 Å². The van der Waals surface area contributed by atoms with E-state index in [0.717, 1.165) is 0 Å². The molecular formula is C13H24N2. The van der Waals surface area contributed by atoms with Crippen molar-refractivity contribution in [3.05, 3.63) is 0 Å². The van der Waals surface area contributed by atoms with Crippen molar-refractivity contribution in [2.24, 2.45) is 0 Å². The van der Waals surface area contributed by atoms with E-state index in [4.69, 9.17) is 6.42 Å². The SMILES string of the molecule is C#CC(C)(C)NC(C)CC1CCCCN1. The monoisotopic (exact) mass is 208 g/mol. The molecule has 1 fully saturated rings. The molecule has 2 heteroatoms.